The Morgan fingerprint density at radius 1 is 1.07 bits per heavy atom. The molecule has 1 unspecified atom stereocenters. The zero-order valence-electron chi connectivity index (χ0n) is 16.0. The van der Waals surface area contributed by atoms with E-state index in [0.29, 0.717) is 12.1 Å². The van der Waals surface area contributed by atoms with Crippen LogP contribution in [0.1, 0.15) is 22.3 Å². The van der Waals surface area contributed by atoms with Gasteiger partial charge >= 0.3 is 0 Å². The second-order valence-electron chi connectivity index (χ2n) is 7.03. The lowest BCUT2D eigenvalue weighted by molar-refractivity contribution is -0.117. The molecule has 1 N–H and O–H groups in total. The van der Waals surface area contributed by atoms with Gasteiger partial charge in [0.15, 0.2) is 0 Å². The van der Waals surface area contributed by atoms with E-state index in [-0.39, 0.29) is 29.2 Å². The van der Waals surface area contributed by atoms with E-state index in [9.17, 15) is 18.0 Å². The highest BCUT2D eigenvalue weighted by Gasteiger charge is 2.31. The Labute approximate surface area is 165 Å². The van der Waals surface area contributed by atoms with Gasteiger partial charge in [-0.1, -0.05) is 17.7 Å². The van der Waals surface area contributed by atoms with Crippen molar-refractivity contribution in [3.05, 3.63) is 59.7 Å². The van der Waals surface area contributed by atoms with Crippen LogP contribution in [-0.2, 0) is 14.8 Å². The Balaban J connectivity index is 1.67. The van der Waals surface area contributed by atoms with Crippen LogP contribution in [0.25, 0.3) is 0 Å². The summed E-state index contributed by atoms with van der Waals surface area (Å²) < 4.78 is 25.3. The van der Waals surface area contributed by atoms with Crippen molar-refractivity contribution in [3.8, 4) is 0 Å². The fourth-order valence-corrected chi connectivity index (χ4v) is 3.94. The molecule has 1 aliphatic rings. The molecule has 28 heavy (non-hydrogen) atoms. The number of sulfonamides is 1. The van der Waals surface area contributed by atoms with Gasteiger partial charge in [0.1, 0.15) is 0 Å². The molecule has 3 rings (SSSR count). The fourth-order valence-electron chi connectivity index (χ4n) is 3.04. The van der Waals surface area contributed by atoms with Gasteiger partial charge in [0.25, 0.3) is 5.91 Å². The third-order valence-electron chi connectivity index (χ3n) is 4.70. The number of nitrogens with zero attached hydrogens (tertiary/aromatic N) is 2. The summed E-state index contributed by atoms with van der Waals surface area (Å²) in [6.45, 7) is 2.38. The van der Waals surface area contributed by atoms with E-state index in [1.165, 1.54) is 38.4 Å². The van der Waals surface area contributed by atoms with Crippen LogP contribution in [0.5, 0.6) is 0 Å². The monoisotopic (exact) mass is 401 g/mol. The Morgan fingerprint density at radius 3 is 2.25 bits per heavy atom. The van der Waals surface area contributed by atoms with E-state index in [1.807, 2.05) is 31.2 Å². The maximum absolute atomic E-state index is 12.5. The van der Waals surface area contributed by atoms with Gasteiger partial charge in [0.05, 0.1) is 10.9 Å². The molecule has 8 heteroatoms. The summed E-state index contributed by atoms with van der Waals surface area (Å²) in [5, 5.41) is 2.86. The van der Waals surface area contributed by atoms with Crippen LogP contribution in [0, 0.1) is 6.92 Å². The molecule has 1 heterocycles. The summed E-state index contributed by atoms with van der Waals surface area (Å²) in [4.78, 5) is 26.6. The van der Waals surface area contributed by atoms with E-state index in [1.54, 1.807) is 4.90 Å². The molecular weight excluding hydrogens is 378 g/mol. The van der Waals surface area contributed by atoms with Crippen molar-refractivity contribution in [2.24, 2.45) is 0 Å². The molecule has 1 atom stereocenters. The average molecular weight is 401 g/mol. The Morgan fingerprint density at radius 2 is 1.68 bits per heavy atom. The molecule has 1 saturated heterocycles. The van der Waals surface area contributed by atoms with Crippen molar-refractivity contribution in [2.45, 2.75) is 24.3 Å². The highest BCUT2D eigenvalue weighted by atomic mass is 32.2. The molecule has 0 bridgehead atoms. The van der Waals surface area contributed by atoms with Crippen LogP contribution in [0.2, 0.25) is 0 Å². The molecule has 2 amide bonds. The highest BCUT2D eigenvalue weighted by Crippen LogP contribution is 2.22. The molecule has 0 radical (unpaired) electrons. The number of hydrogen-bond donors (Lipinski definition) is 1. The van der Waals surface area contributed by atoms with Crippen molar-refractivity contribution < 1.29 is 18.0 Å². The molecule has 1 fully saturated rings. The van der Waals surface area contributed by atoms with E-state index >= 15 is 0 Å². The third-order valence-corrected chi connectivity index (χ3v) is 6.53. The normalized spacial score (nSPS) is 17.2. The second kappa shape index (κ2) is 7.73. The van der Waals surface area contributed by atoms with Gasteiger partial charge in [-0.2, -0.15) is 0 Å². The Hall–Kier alpha value is -2.71. The Kier molecular flexibility index (Phi) is 5.53. The van der Waals surface area contributed by atoms with E-state index in [2.05, 4.69) is 5.32 Å². The number of carbonyl (C=O) groups excluding carboxylic acids is 2. The first kappa shape index (κ1) is 20.0. The molecule has 7 nitrogen and oxygen atoms in total. The van der Waals surface area contributed by atoms with Gasteiger partial charge in [-0.25, -0.2) is 12.7 Å². The first-order chi connectivity index (χ1) is 13.2. The van der Waals surface area contributed by atoms with Gasteiger partial charge < -0.3 is 10.2 Å². The lowest BCUT2D eigenvalue weighted by Crippen LogP contribution is -2.37. The van der Waals surface area contributed by atoms with Crippen LogP contribution in [0.15, 0.2) is 53.4 Å². The van der Waals surface area contributed by atoms with Crippen LogP contribution < -0.4 is 10.2 Å². The fraction of sp³-hybridized carbons (Fsp3) is 0.300. The summed E-state index contributed by atoms with van der Waals surface area (Å²) in [6.07, 6.45) is 0.229. The smallest absolute Gasteiger partial charge is 0.251 e. The van der Waals surface area contributed by atoms with Gasteiger partial charge in [-0.3, -0.25) is 9.59 Å². The summed E-state index contributed by atoms with van der Waals surface area (Å²) in [5.41, 5.74) is 2.27. The molecule has 2 aromatic carbocycles. The number of nitrogens with one attached hydrogen (secondary N) is 1. The van der Waals surface area contributed by atoms with Gasteiger partial charge in [-0.05, 0) is 43.3 Å². The Bertz CT molecular complexity index is 983. The maximum Gasteiger partial charge on any atom is 0.251 e. The minimum Gasteiger partial charge on any atom is -0.347 e. The quantitative estimate of drug-likeness (QED) is 0.827. The van der Waals surface area contributed by atoms with E-state index < -0.39 is 10.0 Å². The topological polar surface area (TPSA) is 86.8 Å². The molecule has 0 aromatic heterocycles. The highest BCUT2D eigenvalue weighted by molar-refractivity contribution is 7.89. The molecule has 1 aliphatic heterocycles. The zero-order valence-corrected chi connectivity index (χ0v) is 16.9. The lowest BCUT2D eigenvalue weighted by Gasteiger charge is -2.17. The van der Waals surface area contributed by atoms with Crippen molar-refractivity contribution in [3.63, 3.8) is 0 Å². The minimum absolute atomic E-state index is 0.0402. The number of carbonyl (C=O) groups is 2. The van der Waals surface area contributed by atoms with Gasteiger partial charge in [0.2, 0.25) is 15.9 Å². The SMILES string of the molecule is Cc1ccc(N2CC(NC(=O)c3ccc(S(=O)(=O)N(C)C)cc3)CC2=O)cc1. The first-order valence-electron chi connectivity index (χ1n) is 8.89. The average Bonchev–Trinajstić information content (AvgIpc) is 3.02. The minimum atomic E-state index is -3.54. The van der Waals surface area contributed by atoms with Crippen molar-refractivity contribution >= 4 is 27.5 Å². The first-order valence-corrected chi connectivity index (χ1v) is 10.3. The van der Waals surface area contributed by atoms with Crippen LogP contribution in [-0.4, -0.2) is 51.2 Å². The van der Waals surface area contributed by atoms with Gasteiger partial charge in [0, 0.05) is 38.3 Å². The van der Waals surface area contributed by atoms with Crippen LogP contribution in [0.4, 0.5) is 5.69 Å². The van der Waals surface area contributed by atoms with E-state index in [4.69, 9.17) is 0 Å². The lowest BCUT2D eigenvalue weighted by atomic mass is 10.2. The second-order valence-corrected chi connectivity index (χ2v) is 9.18. The number of hydrogen-bond acceptors (Lipinski definition) is 4. The molecule has 0 aliphatic carbocycles. The largest absolute Gasteiger partial charge is 0.347 e. The molecule has 148 valence electrons. The van der Waals surface area contributed by atoms with Crippen LogP contribution >= 0.6 is 0 Å². The summed E-state index contributed by atoms with van der Waals surface area (Å²) >= 11 is 0. The molecule has 0 saturated carbocycles. The van der Waals surface area contributed by atoms with Crippen molar-refractivity contribution in [1.82, 2.24) is 9.62 Å². The number of benzene rings is 2. The zero-order chi connectivity index (χ0) is 20.5. The molecular formula is C20H23N3O4S. The van der Waals surface area contributed by atoms with Crippen molar-refractivity contribution in [2.75, 3.05) is 25.5 Å². The van der Waals surface area contributed by atoms with Crippen molar-refractivity contribution in [1.29, 1.82) is 0 Å². The summed E-state index contributed by atoms with van der Waals surface area (Å²) in [7, 11) is -0.637. The number of amides is 2. The van der Waals surface area contributed by atoms with Crippen LogP contribution in [0.3, 0.4) is 0 Å². The summed E-state index contributed by atoms with van der Waals surface area (Å²) in [5.74, 6) is -0.376. The predicted molar refractivity (Wildman–Crippen MR) is 107 cm³/mol. The maximum atomic E-state index is 12.5. The predicted octanol–water partition coefficient (Wildman–Crippen LogP) is 1.78. The summed E-state index contributed by atoms with van der Waals surface area (Å²) in [6, 6.07) is 13.1. The number of rotatable bonds is 5. The third kappa shape index (κ3) is 4.07. The standard InChI is InChI=1S/C20H23N3O4S/c1-14-4-8-17(9-5-14)23-13-16(12-19(23)24)21-20(25)15-6-10-18(11-7-15)28(26,27)22(2)3/h4-11,16H,12-13H2,1-3H3,(H,21,25). The van der Waals surface area contributed by atoms with E-state index in [0.717, 1.165) is 15.6 Å². The number of anilines is 1. The molecule has 0 spiro atoms. The number of aryl methyl sites for hydroxylation is 1. The molecule has 2 aromatic rings. The van der Waals surface area contributed by atoms with Gasteiger partial charge in [-0.15, -0.1) is 0 Å².